The lowest BCUT2D eigenvalue weighted by Gasteiger charge is -2.07. The Balaban J connectivity index is 2.07. The minimum atomic E-state index is 0.595. The molecule has 0 spiro atoms. The number of nitrogen functional groups attached to an aromatic ring is 2. The molecule has 0 unspecified atom stereocenters. The maximum atomic E-state index is 5.74. The summed E-state index contributed by atoms with van der Waals surface area (Å²) in [5, 5.41) is 7.58. The van der Waals surface area contributed by atoms with Gasteiger partial charge in [0.15, 0.2) is 0 Å². The van der Waals surface area contributed by atoms with E-state index in [2.05, 4.69) is 10.4 Å². The summed E-state index contributed by atoms with van der Waals surface area (Å²) in [5.74, 6) is 0. The van der Waals surface area contributed by atoms with E-state index in [1.165, 1.54) is 5.56 Å². The molecule has 5 heteroatoms. The SMILES string of the molecule is Cc1nn(C)cc1CNc1ccc(N)c(N)c1. The van der Waals surface area contributed by atoms with E-state index in [0.717, 1.165) is 17.9 Å². The molecular weight excluding hydrogens is 214 g/mol. The van der Waals surface area contributed by atoms with Crippen LogP contribution in [0, 0.1) is 6.92 Å². The van der Waals surface area contributed by atoms with Gasteiger partial charge in [-0.2, -0.15) is 5.10 Å². The van der Waals surface area contributed by atoms with Crippen LogP contribution in [0.3, 0.4) is 0 Å². The Morgan fingerprint density at radius 2 is 2.06 bits per heavy atom. The van der Waals surface area contributed by atoms with Gasteiger partial charge in [0, 0.05) is 31.0 Å². The number of nitrogens with zero attached hydrogens (tertiary/aromatic N) is 2. The van der Waals surface area contributed by atoms with Gasteiger partial charge in [-0.15, -0.1) is 0 Å². The fourth-order valence-corrected chi connectivity index (χ4v) is 1.70. The van der Waals surface area contributed by atoms with Gasteiger partial charge < -0.3 is 16.8 Å². The molecule has 0 aliphatic heterocycles. The quantitative estimate of drug-likeness (QED) is 0.699. The first kappa shape index (κ1) is 11.3. The third kappa shape index (κ3) is 2.50. The van der Waals surface area contributed by atoms with Crippen LogP contribution in [0.4, 0.5) is 17.1 Å². The molecule has 0 atom stereocenters. The molecule has 2 rings (SSSR count). The fraction of sp³-hybridized carbons (Fsp3) is 0.250. The summed E-state index contributed by atoms with van der Waals surface area (Å²) in [6.07, 6.45) is 2.00. The number of anilines is 3. The van der Waals surface area contributed by atoms with Crippen LogP contribution in [0.25, 0.3) is 0 Å². The van der Waals surface area contributed by atoms with Crippen molar-refractivity contribution in [3.05, 3.63) is 35.7 Å². The van der Waals surface area contributed by atoms with Crippen LogP contribution in [0.15, 0.2) is 24.4 Å². The lowest BCUT2D eigenvalue weighted by atomic mass is 10.2. The van der Waals surface area contributed by atoms with E-state index in [4.69, 9.17) is 11.5 Å². The van der Waals surface area contributed by atoms with E-state index < -0.39 is 0 Å². The Morgan fingerprint density at radius 1 is 1.29 bits per heavy atom. The van der Waals surface area contributed by atoms with Gasteiger partial charge in [0.1, 0.15) is 0 Å². The standard InChI is InChI=1S/C12H17N5/c1-8-9(7-17(2)16-8)6-15-10-3-4-11(13)12(14)5-10/h3-5,7,15H,6,13-14H2,1-2H3. The summed E-state index contributed by atoms with van der Waals surface area (Å²) in [7, 11) is 1.91. The molecule has 1 aromatic carbocycles. The first-order valence-electron chi connectivity index (χ1n) is 5.44. The molecule has 0 aliphatic rings. The van der Waals surface area contributed by atoms with Crippen LogP contribution in [-0.4, -0.2) is 9.78 Å². The normalized spacial score (nSPS) is 10.5. The van der Waals surface area contributed by atoms with Gasteiger partial charge in [-0.1, -0.05) is 0 Å². The minimum Gasteiger partial charge on any atom is -0.397 e. The highest BCUT2D eigenvalue weighted by Crippen LogP contribution is 2.20. The number of aromatic nitrogens is 2. The van der Waals surface area contributed by atoms with Crippen LogP contribution in [0.5, 0.6) is 0 Å². The van der Waals surface area contributed by atoms with Crippen LogP contribution in [0.2, 0.25) is 0 Å². The fourth-order valence-electron chi connectivity index (χ4n) is 1.70. The lowest BCUT2D eigenvalue weighted by molar-refractivity contribution is 0.756. The number of aryl methyl sites for hydroxylation is 2. The van der Waals surface area contributed by atoms with Crippen LogP contribution in [-0.2, 0) is 13.6 Å². The molecule has 0 amide bonds. The Hall–Kier alpha value is -2.17. The second-order valence-electron chi connectivity index (χ2n) is 4.11. The monoisotopic (exact) mass is 231 g/mol. The van der Waals surface area contributed by atoms with Gasteiger partial charge in [0.25, 0.3) is 0 Å². The highest BCUT2D eigenvalue weighted by molar-refractivity contribution is 5.69. The minimum absolute atomic E-state index is 0.595. The Morgan fingerprint density at radius 3 is 2.65 bits per heavy atom. The molecule has 0 aliphatic carbocycles. The molecule has 1 heterocycles. The van der Waals surface area contributed by atoms with Crippen molar-refractivity contribution >= 4 is 17.1 Å². The Kier molecular flexibility index (Phi) is 2.91. The number of nitrogens with one attached hydrogen (secondary N) is 1. The van der Waals surface area contributed by atoms with E-state index >= 15 is 0 Å². The molecule has 90 valence electrons. The zero-order valence-electron chi connectivity index (χ0n) is 10.1. The third-order valence-electron chi connectivity index (χ3n) is 2.68. The summed E-state index contributed by atoms with van der Waals surface area (Å²) >= 11 is 0. The Labute approximate surface area is 100 Å². The van der Waals surface area contributed by atoms with Gasteiger partial charge in [0.2, 0.25) is 0 Å². The number of rotatable bonds is 3. The van der Waals surface area contributed by atoms with Crippen molar-refractivity contribution < 1.29 is 0 Å². The van der Waals surface area contributed by atoms with E-state index in [0.29, 0.717) is 11.4 Å². The maximum Gasteiger partial charge on any atom is 0.0643 e. The Bertz CT molecular complexity index is 530. The average molecular weight is 231 g/mol. The maximum absolute atomic E-state index is 5.74. The molecule has 1 aromatic heterocycles. The van der Waals surface area contributed by atoms with Crippen LogP contribution >= 0.6 is 0 Å². The van der Waals surface area contributed by atoms with Crippen molar-refractivity contribution in [2.24, 2.45) is 7.05 Å². The van der Waals surface area contributed by atoms with E-state index in [1.54, 1.807) is 6.07 Å². The zero-order chi connectivity index (χ0) is 12.4. The van der Waals surface area contributed by atoms with Crippen molar-refractivity contribution in [2.75, 3.05) is 16.8 Å². The number of nitrogens with two attached hydrogens (primary N) is 2. The van der Waals surface area contributed by atoms with Crippen molar-refractivity contribution in [1.82, 2.24) is 9.78 Å². The van der Waals surface area contributed by atoms with E-state index in [9.17, 15) is 0 Å². The number of hydrogen-bond donors (Lipinski definition) is 3. The van der Waals surface area contributed by atoms with Crippen LogP contribution < -0.4 is 16.8 Å². The zero-order valence-corrected chi connectivity index (χ0v) is 10.1. The first-order chi connectivity index (χ1) is 8.06. The summed E-state index contributed by atoms with van der Waals surface area (Å²) in [6, 6.07) is 5.55. The third-order valence-corrected chi connectivity index (χ3v) is 2.68. The lowest BCUT2D eigenvalue weighted by Crippen LogP contribution is -2.01. The largest absolute Gasteiger partial charge is 0.397 e. The number of benzene rings is 1. The van der Waals surface area contributed by atoms with Crippen molar-refractivity contribution in [3.8, 4) is 0 Å². The van der Waals surface area contributed by atoms with Gasteiger partial charge in [-0.25, -0.2) is 0 Å². The molecule has 0 saturated carbocycles. The van der Waals surface area contributed by atoms with Crippen LogP contribution in [0.1, 0.15) is 11.3 Å². The van der Waals surface area contributed by atoms with Gasteiger partial charge >= 0.3 is 0 Å². The van der Waals surface area contributed by atoms with E-state index in [1.807, 2.05) is 37.0 Å². The van der Waals surface area contributed by atoms with Crippen molar-refractivity contribution in [3.63, 3.8) is 0 Å². The molecule has 2 aromatic rings. The topological polar surface area (TPSA) is 81.9 Å². The highest BCUT2D eigenvalue weighted by Gasteiger charge is 2.03. The van der Waals surface area contributed by atoms with Gasteiger partial charge in [0.05, 0.1) is 17.1 Å². The second-order valence-corrected chi connectivity index (χ2v) is 4.11. The summed E-state index contributed by atoms with van der Waals surface area (Å²) in [6.45, 7) is 2.72. The van der Waals surface area contributed by atoms with E-state index in [-0.39, 0.29) is 0 Å². The molecule has 5 nitrogen and oxygen atoms in total. The molecule has 0 bridgehead atoms. The van der Waals surface area contributed by atoms with Gasteiger partial charge in [-0.05, 0) is 25.1 Å². The molecule has 5 N–H and O–H groups in total. The molecular formula is C12H17N5. The first-order valence-corrected chi connectivity index (χ1v) is 5.44. The average Bonchev–Trinajstić information content (AvgIpc) is 2.59. The van der Waals surface area contributed by atoms with Gasteiger partial charge in [-0.3, -0.25) is 4.68 Å². The van der Waals surface area contributed by atoms with Crippen molar-refractivity contribution in [2.45, 2.75) is 13.5 Å². The molecule has 0 radical (unpaired) electrons. The smallest absolute Gasteiger partial charge is 0.0643 e. The number of hydrogen-bond acceptors (Lipinski definition) is 4. The highest BCUT2D eigenvalue weighted by atomic mass is 15.2. The molecule has 0 fully saturated rings. The van der Waals surface area contributed by atoms with Crippen molar-refractivity contribution in [1.29, 1.82) is 0 Å². The molecule has 0 saturated heterocycles. The summed E-state index contributed by atoms with van der Waals surface area (Å²) in [5.41, 5.74) is 15.8. The second kappa shape index (κ2) is 4.37. The summed E-state index contributed by atoms with van der Waals surface area (Å²) in [4.78, 5) is 0. The summed E-state index contributed by atoms with van der Waals surface area (Å²) < 4.78 is 1.81. The predicted octanol–water partition coefficient (Wildman–Crippen LogP) is 1.51. The molecule has 17 heavy (non-hydrogen) atoms. The predicted molar refractivity (Wildman–Crippen MR) is 70.5 cm³/mol.